The van der Waals surface area contributed by atoms with Gasteiger partial charge in [-0.2, -0.15) is 25.3 Å². The molecule has 1 unspecified atom stereocenters. The Balaban J connectivity index is 1.49. The summed E-state index contributed by atoms with van der Waals surface area (Å²) in [6.45, 7) is 0.323. The van der Waals surface area contributed by atoms with Crippen LogP contribution >= 0.6 is 70.0 Å². The minimum absolute atomic E-state index is 0.0102. The lowest BCUT2D eigenvalue weighted by Crippen LogP contribution is -2.35. The van der Waals surface area contributed by atoms with Crippen LogP contribution in [-0.4, -0.2) is 101 Å². The number of benzene rings is 2. The number of rotatable bonds is 11. The van der Waals surface area contributed by atoms with E-state index in [1.54, 1.807) is 42.2 Å². The van der Waals surface area contributed by atoms with Crippen LogP contribution in [0.1, 0.15) is 24.9 Å². The van der Waals surface area contributed by atoms with Crippen LogP contribution in [0.2, 0.25) is 5.02 Å². The molecule has 332 valence electrons. The van der Waals surface area contributed by atoms with Gasteiger partial charge in [0.2, 0.25) is 0 Å². The molecule has 0 bridgehead atoms. The van der Waals surface area contributed by atoms with Crippen LogP contribution in [0, 0.1) is 9.20 Å². The third-order valence-electron chi connectivity index (χ3n) is 9.64. The number of amides is 1. The quantitative estimate of drug-likeness (QED) is 0.144. The van der Waals surface area contributed by atoms with Crippen LogP contribution in [0.3, 0.4) is 0 Å². The molecule has 28 heteroatoms. The van der Waals surface area contributed by atoms with Gasteiger partial charge < -0.3 is 4.90 Å². The second kappa shape index (κ2) is 17.3. The zero-order chi connectivity index (χ0) is 45.3. The van der Waals surface area contributed by atoms with Crippen molar-refractivity contribution in [3.63, 3.8) is 0 Å². The number of hydrogen-bond donors (Lipinski definition) is 3. The first-order chi connectivity index (χ1) is 28.8. The number of nitrogens with zero attached hydrogens (tertiary/aromatic N) is 4. The van der Waals surface area contributed by atoms with E-state index in [1.807, 2.05) is 0 Å². The Morgan fingerprint density at radius 2 is 1.58 bits per heavy atom. The number of anilines is 1. The molecule has 2 aromatic heterocycles. The molecule has 2 fully saturated rings. The standard InChI is InChI=1S/C34H31ClN4O14S9/c1-18(14-25-38(22-15-20(35)6-7-23(22)55-25)16-19-4-2-3-5-24(19)62(51,52)53)26-31(42)39(21-8-11-59(43,44)17-21)33(56-26)28-29(40)36(9-12-60(45,46)47)32(57-28)27-30(41)37(34(54)58-27)10-13-61(48,49)50/h2-7,14-15,21H,8-13,16-17H2,1H3,(H,45,46,47)(H,48,49,50)(H,51,52,53)/b25-14?,26-18?,32-27?,33-28+. The highest BCUT2D eigenvalue weighted by atomic mass is 35.5. The predicted molar refractivity (Wildman–Crippen MR) is 241 cm³/mol. The molecule has 3 aliphatic heterocycles. The smallest absolute Gasteiger partial charge is 0.294 e. The molecule has 0 spiro atoms. The summed E-state index contributed by atoms with van der Waals surface area (Å²) in [5.74, 6) is -3.40. The van der Waals surface area contributed by atoms with Crippen molar-refractivity contribution >= 4 is 137 Å². The minimum Gasteiger partial charge on any atom is -0.330 e. The number of thioether (sulfide) groups is 2. The van der Waals surface area contributed by atoms with E-state index in [9.17, 15) is 61.7 Å². The summed E-state index contributed by atoms with van der Waals surface area (Å²) >= 11 is 15.1. The van der Waals surface area contributed by atoms with Gasteiger partial charge in [0.15, 0.2) is 9.84 Å². The molecule has 0 saturated carbocycles. The van der Waals surface area contributed by atoms with E-state index in [2.05, 4.69) is 0 Å². The predicted octanol–water partition coefficient (Wildman–Crippen LogP) is 2.25. The molecule has 2 aromatic carbocycles. The van der Waals surface area contributed by atoms with E-state index in [0.717, 1.165) is 25.7 Å². The molecule has 0 radical (unpaired) electrons. The Bertz CT molecular complexity index is 3450. The summed E-state index contributed by atoms with van der Waals surface area (Å²) in [6, 6.07) is 9.99. The highest BCUT2D eigenvalue weighted by Crippen LogP contribution is 2.48. The van der Waals surface area contributed by atoms with Crippen LogP contribution in [0.15, 0.2) is 72.9 Å². The molecule has 4 aromatic rings. The van der Waals surface area contributed by atoms with Gasteiger partial charge >= 0.3 is 0 Å². The molecule has 1 atom stereocenters. The summed E-state index contributed by atoms with van der Waals surface area (Å²) < 4.78 is 128. The third-order valence-corrected chi connectivity index (χ3v) is 19.3. The first-order valence-electron chi connectivity index (χ1n) is 17.7. The number of halogens is 1. The Kier molecular flexibility index (Phi) is 13.1. The molecule has 1 amide bonds. The van der Waals surface area contributed by atoms with E-state index >= 15 is 0 Å². The Labute approximate surface area is 379 Å². The van der Waals surface area contributed by atoms with Gasteiger partial charge in [0.05, 0.1) is 55.7 Å². The zero-order valence-electron chi connectivity index (χ0n) is 31.5. The second-order valence-corrected chi connectivity index (χ2v) is 25.8. The molecule has 3 aliphatic rings. The molecule has 7 rings (SSSR count). The van der Waals surface area contributed by atoms with Crippen LogP contribution in [0.5, 0.6) is 0 Å². The van der Waals surface area contributed by atoms with Crippen LogP contribution in [0.4, 0.5) is 5.69 Å². The second-order valence-electron chi connectivity index (χ2n) is 13.9. The largest absolute Gasteiger partial charge is 0.330 e. The maximum Gasteiger partial charge on any atom is 0.294 e. The molecular formula is C34H31ClN4O14S9. The highest BCUT2D eigenvalue weighted by molar-refractivity contribution is 8.30. The molecule has 2 saturated heterocycles. The minimum atomic E-state index is -4.68. The van der Waals surface area contributed by atoms with E-state index in [-0.39, 0.29) is 56.8 Å². The fourth-order valence-electron chi connectivity index (χ4n) is 6.81. The maximum absolute atomic E-state index is 14.6. The number of fused-ring (bicyclic) bond motifs is 1. The highest BCUT2D eigenvalue weighted by Gasteiger charge is 2.36. The molecular weight excluding hydrogens is 1010 g/mol. The van der Waals surface area contributed by atoms with Crippen LogP contribution in [-0.2, 0) is 58.1 Å². The average molecular weight is 1040 g/mol. The third kappa shape index (κ3) is 9.88. The first-order valence-corrected chi connectivity index (χ1v) is 28.2. The monoisotopic (exact) mass is 1040 g/mol. The van der Waals surface area contributed by atoms with Gasteiger partial charge in [-0.15, -0.1) is 22.7 Å². The lowest BCUT2D eigenvalue weighted by atomic mass is 10.2. The van der Waals surface area contributed by atoms with Gasteiger partial charge in [0.1, 0.15) is 23.1 Å². The number of aromatic nitrogens is 2. The molecule has 18 nitrogen and oxygen atoms in total. The van der Waals surface area contributed by atoms with Gasteiger partial charge in [-0.3, -0.25) is 42.1 Å². The lowest BCUT2D eigenvalue weighted by molar-refractivity contribution is -0.120. The fourth-order valence-corrected chi connectivity index (χ4v) is 15.3. The van der Waals surface area contributed by atoms with E-state index in [0.29, 0.717) is 44.4 Å². The molecule has 0 aliphatic carbocycles. The Morgan fingerprint density at radius 3 is 2.23 bits per heavy atom. The maximum atomic E-state index is 14.6. The van der Waals surface area contributed by atoms with Crippen molar-refractivity contribution in [1.82, 2.24) is 14.0 Å². The lowest BCUT2D eigenvalue weighted by Gasteiger charge is -2.22. The van der Waals surface area contributed by atoms with Crippen molar-refractivity contribution in [2.24, 2.45) is 0 Å². The van der Waals surface area contributed by atoms with Crippen molar-refractivity contribution in [2.45, 2.75) is 42.3 Å². The summed E-state index contributed by atoms with van der Waals surface area (Å²) in [6.07, 6.45) is 1.66. The van der Waals surface area contributed by atoms with Crippen LogP contribution < -0.4 is 25.2 Å². The summed E-state index contributed by atoms with van der Waals surface area (Å²) in [5, 5.41) is 0.876. The van der Waals surface area contributed by atoms with Crippen molar-refractivity contribution in [2.75, 3.05) is 34.5 Å². The Morgan fingerprint density at radius 1 is 0.903 bits per heavy atom. The van der Waals surface area contributed by atoms with Crippen molar-refractivity contribution in [3.05, 3.63) is 103 Å². The number of carbonyl (C=O) groups is 1. The van der Waals surface area contributed by atoms with Crippen molar-refractivity contribution in [1.29, 1.82) is 0 Å². The SMILES string of the molecule is CC(C=C1Sc2ccc(Cl)cc2N1Cc1ccccc1S(=O)(=O)O)=c1s/c(=c2/sc(=C3SC(=S)N(CCS(=O)(=O)O)C3=O)n(CCS(=O)(=O)O)c2=O)n(C2CCS(=O)(=O)C2)c1=O. The number of sulfone groups is 1. The normalized spacial score (nSPS) is 20.7. The average Bonchev–Trinajstić information content (AvgIpc) is 3.94. The first kappa shape index (κ1) is 46.8. The van der Waals surface area contributed by atoms with Crippen LogP contribution in [0.25, 0.3) is 10.5 Å². The van der Waals surface area contributed by atoms with Gasteiger partial charge in [0.25, 0.3) is 47.4 Å². The van der Waals surface area contributed by atoms with E-state index in [4.69, 9.17) is 23.8 Å². The van der Waals surface area contributed by atoms with Gasteiger partial charge in [0, 0.05) is 23.0 Å². The van der Waals surface area contributed by atoms with Gasteiger partial charge in [-0.25, -0.2) is 8.42 Å². The van der Waals surface area contributed by atoms with Gasteiger partial charge in [-0.1, -0.05) is 65.5 Å². The number of allylic oxidation sites excluding steroid dienone is 1. The summed E-state index contributed by atoms with van der Waals surface area (Å²) in [7, 11) is -17.5. The van der Waals surface area contributed by atoms with Gasteiger partial charge in [-0.05, 0) is 54.8 Å². The number of thiocarbonyl (C=S) groups is 1. The molecule has 3 N–H and O–H groups in total. The van der Waals surface area contributed by atoms with Crippen molar-refractivity contribution in [3.8, 4) is 0 Å². The molecule has 62 heavy (non-hydrogen) atoms. The fraction of sp³-hybridized carbons (Fsp3) is 0.294. The van der Waals surface area contributed by atoms with E-state index < -0.39 is 93.6 Å². The Hall–Kier alpha value is -3.19. The number of thiazole rings is 2. The summed E-state index contributed by atoms with van der Waals surface area (Å²) in [4.78, 5) is 45.5. The topological polar surface area (TPSA) is 265 Å². The number of carbonyl (C=O) groups excluding carboxylic acids is 1. The van der Waals surface area contributed by atoms with E-state index in [1.165, 1.54) is 34.5 Å². The number of hydrogen-bond acceptors (Lipinski definition) is 17. The zero-order valence-corrected chi connectivity index (χ0v) is 39.6. The van der Waals surface area contributed by atoms with Crippen molar-refractivity contribution < 1.29 is 52.1 Å². The molecule has 5 heterocycles. The summed E-state index contributed by atoms with van der Waals surface area (Å²) in [5.41, 5.74) is -0.375.